The van der Waals surface area contributed by atoms with Gasteiger partial charge in [0, 0.05) is 0 Å². The Kier molecular flexibility index (Phi) is 5.91. The third-order valence-corrected chi connectivity index (χ3v) is 5.66. The number of rotatable bonds is 5. The number of hydrogen-bond acceptors (Lipinski definition) is 0. The summed E-state index contributed by atoms with van der Waals surface area (Å²) in [6.45, 7) is 6.10. The van der Waals surface area contributed by atoms with E-state index in [1.54, 1.807) is 0 Å². The van der Waals surface area contributed by atoms with Crippen LogP contribution < -0.4 is 0 Å². The van der Waals surface area contributed by atoms with Crippen LogP contribution in [-0.2, 0) is 0 Å². The Labute approximate surface area is 118 Å². The minimum atomic E-state index is -0.561. The summed E-state index contributed by atoms with van der Waals surface area (Å²) in [5, 5.41) is 0. The molecule has 19 heavy (non-hydrogen) atoms. The van der Waals surface area contributed by atoms with Gasteiger partial charge in [0.25, 0.3) is 0 Å². The molecule has 110 valence electrons. The lowest BCUT2D eigenvalue weighted by Gasteiger charge is -2.39. The van der Waals surface area contributed by atoms with Crippen LogP contribution in [0.3, 0.4) is 0 Å². The second kappa shape index (κ2) is 7.45. The van der Waals surface area contributed by atoms with E-state index in [9.17, 15) is 4.39 Å². The van der Waals surface area contributed by atoms with Crippen molar-refractivity contribution in [2.24, 2.45) is 23.7 Å². The Hall–Kier alpha value is -0.330. The maximum atomic E-state index is 14.3. The van der Waals surface area contributed by atoms with Gasteiger partial charge in [0.15, 0.2) is 0 Å². The zero-order chi connectivity index (χ0) is 13.7. The van der Waals surface area contributed by atoms with E-state index in [0.29, 0.717) is 17.8 Å². The van der Waals surface area contributed by atoms with E-state index >= 15 is 0 Å². The highest BCUT2D eigenvalue weighted by atomic mass is 19.1. The lowest BCUT2D eigenvalue weighted by molar-refractivity contribution is 0.0671. The zero-order valence-electron chi connectivity index (χ0n) is 12.6. The van der Waals surface area contributed by atoms with Crippen molar-refractivity contribution in [3.05, 3.63) is 12.7 Å². The van der Waals surface area contributed by atoms with Crippen LogP contribution in [0, 0.1) is 23.7 Å². The van der Waals surface area contributed by atoms with Crippen LogP contribution in [0.1, 0.15) is 71.1 Å². The van der Waals surface area contributed by atoms with Gasteiger partial charge in [0.2, 0.25) is 0 Å². The summed E-state index contributed by atoms with van der Waals surface area (Å²) in [6, 6.07) is 0. The number of hydrogen-bond donors (Lipinski definition) is 0. The fourth-order valence-electron chi connectivity index (χ4n) is 4.31. The predicted octanol–water partition coefficient (Wildman–Crippen LogP) is 5.92. The molecular formula is C18H31F. The summed E-state index contributed by atoms with van der Waals surface area (Å²) in [6.07, 6.45) is 13.8. The molecule has 2 rings (SSSR count). The molecule has 0 nitrogen and oxygen atoms in total. The first-order valence-electron chi connectivity index (χ1n) is 8.51. The van der Waals surface area contributed by atoms with Crippen molar-refractivity contribution in [2.45, 2.75) is 77.3 Å². The quantitative estimate of drug-likeness (QED) is 0.541. The fourth-order valence-corrected chi connectivity index (χ4v) is 4.31. The number of allylic oxidation sites excluding steroid dienone is 1. The maximum Gasteiger partial charge on any atom is 0.104 e. The van der Waals surface area contributed by atoms with Crippen LogP contribution in [0.25, 0.3) is 0 Å². The molecule has 0 aromatic carbocycles. The van der Waals surface area contributed by atoms with Crippen molar-refractivity contribution < 1.29 is 4.39 Å². The van der Waals surface area contributed by atoms with Gasteiger partial charge in [-0.3, -0.25) is 0 Å². The second-order valence-corrected chi connectivity index (χ2v) is 6.91. The third kappa shape index (κ3) is 4.07. The smallest absolute Gasteiger partial charge is 0.104 e. The van der Waals surface area contributed by atoms with Crippen LogP contribution in [0.2, 0.25) is 0 Å². The van der Waals surface area contributed by atoms with Crippen molar-refractivity contribution >= 4 is 0 Å². The minimum absolute atomic E-state index is 0.364. The van der Waals surface area contributed by atoms with E-state index in [4.69, 9.17) is 0 Å². The Morgan fingerprint density at radius 3 is 2.42 bits per heavy atom. The Balaban J connectivity index is 1.76. The van der Waals surface area contributed by atoms with Crippen molar-refractivity contribution in [1.29, 1.82) is 0 Å². The highest BCUT2D eigenvalue weighted by Crippen LogP contribution is 2.43. The first kappa shape index (κ1) is 15.1. The van der Waals surface area contributed by atoms with Gasteiger partial charge in [-0.2, -0.15) is 0 Å². The molecule has 2 saturated carbocycles. The molecule has 0 radical (unpaired) electrons. The maximum absolute atomic E-state index is 14.3. The van der Waals surface area contributed by atoms with E-state index in [-0.39, 0.29) is 0 Å². The highest BCUT2D eigenvalue weighted by molar-refractivity contribution is 4.91. The zero-order valence-corrected chi connectivity index (χ0v) is 12.6. The van der Waals surface area contributed by atoms with Gasteiger partial charge in [-0.15, -0.1) is 6.58 Å². The van der Waals surface area contributed by atoms with Gasteiger partial charge in [-0.1, -0.05) is 45.1 Å². The number of halogens is 1. The molecule has 3 atom stereocenters. The molecule has 0 saturated heterocycles. The Morgan fingerprint density at radius 2 is 1.84 bits per heavy atom. The summed E-state index contributed by atoms with van der Waals surface area (Å²) in [5.74, 6) is 2.42. The van der Waals surface area contributed by atoms with Gasteiger partial charge in [0.05, 0.1) is 0 Å². The summed E-state index contributed by atoms with van der Waals surface area (Å²) in [7, 11) is 0. The molecule has 2 aliphatic carbocycles. The Bertz CT molecular complexity index is 265. The van der Waals surface area contributed by atoms with E-state index in [0.717, 1.165) is 18.8 Å². The first-order chi connectivity index (χ1) is 9.24. The van der Waals surface area contributed by atoms with E-state index in [1.807, 2.05) is 6.08 Å². The van der Waals surface area contributed by atoms with Crippen LogP contribution in [0.15, 0.2) is 12.7 Å². The van der Waals surface area contributed by atoms with Crippen molar-refractivity contribution in [1.82, 2.24) is 0 Å². The predicted molar refractivity (Wildman–Crippen MR) is 80.9 cm³/mol. The molecule has 0 aliphatic heterocycles. The number of unbranched alkanes of at least 4 members (excludes halogenated alkanes) is 1. The van der Waals surface area contributed by atoms with Gasteiger partial charge >= 0.3 is 0 Å². The SMILES string of the molecule is C=CC1CCC(C2CCC(CCCC)CC2)C(F)C1. The molecule has 0 bridgehead atoms. The van der Waals surface area contributed by atoms with E-state index < -0.39 is 6.17 Å². The van der Waals surface area contributed by atoms with Crippen LogP contribution >= 0.6 is 0 Å². The molecule has 1 heteroatoms. The molecule has 0 heterocycles. The fraction of sp³-hybridized carbons (Fsp3) is 0.889. The molecule has 0 aromatic heterocycles. The molecule has 0 N–H and O–H groups in total. The van der Waals surface area contributed by atoms with E-state index in [2.05, 4.69) is 13.5 Å². The van der Waals surface area contributed by atoms with Crippen molar-refractivity contribution in [3.63, 3.8) is 0 Å². The largest absolute Gasteiger partial charge is 0.247 e. The molecule has 0 aromatic rings. The summed E-state index contributed by atoms with van der Waals surface area (Å²) >= 11 is 0. The van der Waals surface area contributed by atoms with Gasteiger partial charge in [-0.05, 0) is 55.8 Å². The molecule has 0 spiro atoms. The third-order valence-electron chi connectivity index (χ3n) is 5.66. The van der Waals surface area contributed by atoms with Crippen molar-refractivity contribution in [2.75, 3.05) is 0 Å². The monoisotopic (exact) mass is 266 g/mol. The highest BCUT2D eigenvalue weighted by Gasteiger charge is 2.36. The molecule has 0 amide bonds. The lowest BCUT2D eigenvalue weighted by Crippen LogP contribution is -2.33. The normalized spacial score (nSPS) is 40.0. The van der Waals surface area contributed by atoms with Crippen molar-refractivity contribution in [3.8, 4) is 0 Å². The topological polar surface area (TPSA) is 0 Å². The summed E-state index contributed by atoms with van der Waals surface area (Å²) in [4.78, 5) is 0. The summed E-state index contributed by atoms with van der Waals surface area (Å²) < 4.78 is 14.3. The van der Waals surface area contributed by atoms with Gasteiger partial charge < -0.3 is 0 Å². The molecule has 3 unspecified atom stereocenters. The van der Waals surface area contributed by atoms with E-state index in [1.165, 1.54) is 51.4 Å². The number of alkyl halides is 1. The average Bonchev–Trinajstić information content (AvgIpc) is 2.45. The Morgan fingerprint density at radius 1 is 1.11 bits per heavy atom. The molecule has 2 fully saturated rings. The van der Waals surface area contributed by atoms with Gasteiger partial charge in [-0.25, -0.2) is 4.39 Å². The van der Waals surface area contributed by atoms with Crippen LogP contribution in [-0.4, -0.2) is 6.17 Å². The standard InChI is InChI=1S/C18H31F/c1-3-5-6-15-7-10-16(11-8-15)17-12-9-14(4-2)13-18(17)19/h4,14-18H,2-3,5-13H2,1H3. The molecule has 2 aliphatic rings. The minimum Gasteiger partial charge on any atom is -0.247 e. The van der Waals surface area contributed by atoms with Crippen LogP contribution in [0.4, 0.5) is 4.39 Å². The average molecular weight is 266 g/mol. The lowest BCUT2D eigenvalue weighted by atomic mass is 9.68. The molecular weight excluding hydrogens is 235 g/mol. The van der Waals surface area contributed by atoms with Crippen LogP contribution in [0.5, 0.6) is 0 Å². The summed E-state index contributed by atoms with van der Waals surface area (Å²) in [5.41, 5.74) is 0. The second-order valence-electron chi connectivity index (χ2n) is 6.91. The first-order valence-corrected chi connectivity index (χ1v) is 8.51. The van der Waals surface area contributed by atoms with Gasteiger partial charge in [0.1, 0.15) is 6.17 Å².